The van der Waals surface area contributed by atoms with Crippen LogP contribution in [-0.2, 0) is 52.8 Å². The van der Waals surface area contributed by atoms with E-state index in [0.29, 0.717) is 196 Å². The summed E-state index contributed by atoms with van der Waals surface area (Å²) in [5.41, 5.74) is 4.50. The standard InChI is InChI=1S/C31H35ClFN7O3.C29H29ClFN7O2.C25H31Cl2N7O3.C6H5BFO2/c1-7-23-26(24(8-2)35-17-34-23)40-28-20(15-21(32)25(36-28)19-11-9-10-12-22(19)33)27(37-29(40)41)39-14-13-38(16-18(39)3)30(42)43-31(4,5)6;1-5-22-26(23(6-2)33-16-32-22)38-28-19(14-20(30)25(34-28)18-10-8-9-11-21(18)31)27(35-29(38)40)37-13-12-36(15-17(37)4)24(39)7-3;1-7-17-19(18(8-2)29-13-28-17)34-22-15(11-16(26)20(27)30-22)21(31-23(34)35)33-10-9-32(12-14(33)3)24(36)37-25(4,5)6;8-5-3-1-2-4-6(5)10-7-9/h9-12,15,17-18H,7-8,13-14,16H2,1-6H3;7-11,14,16-17H,3,5-6,12-13,15H2,1-2,4H3;11,13-14H,7-10,12H2,1-6H3;1-4,9H/t18-;17-;14-;/m000./s1. The largest absolute Gasteiger partial charge is 0.569 e. The summed E-state index contributed by atoms with van der Waals surface area (Å²) >= 11 is 26.3. The molecule has 3 atom stereocenters. The first-order chi connectivity index (χ1) is 62.0. The van der Waals surface area contributed by atoms with Gasteiger partial charge in [-0.3, -0.25) is 4.79 Å². The minimum Gasteiger partial charge on any atom is -0.535 e. The number of piperazine rings is 3. The molecular formula is C91H100BCl4F3N21O10. The van der Waals surface area contributed by atoms with E-state index in [4.69, 9.17) is 70.9 Å². The lowest BCUT2D eigenvalue weighted by Crippen LogP contribution is -2.55. The molecule has 0 bridgehead atoms. The van der Waals surface area contributed by atoms with E-state index in [1.54, 1.807) is 81.4 Å². The molecule has 1 N–H and O–H groups in total. The van der Waals surface area contributed by atoms with Crippen LogP contribution in [0.1, 0.15) is 138 Å². The van der Waals surface area contributed by atoms with Crippen LogP contribution in [0, 0.1) is 17.5 Å². The second-order valence-corrected chi connectivity index (χ2v) is 34.3. The summed E-state index contributed by atoms with van der Waals surface area (Å²) in [6, 6.07) is 22.8. The zero-order chi connectivity index (χ0) is 94.1. The van der Waals surface area contributed by atoms with E-state index >= 15 is 0 Å². The molecule has 12 aromatic rings. The van der Waals surface area contributed by atoms with Crippen LogP contribution in [0.15, 0.2) is 137 Å². The first-order valence-electron chi connectivity index (χ1n) is 42.6. The Hall–Kier alpha value is -12.3. The Kier molecular flexibility index (Phi) is 31.0. The predicted octanol–water partition coefficient (Wildman–Crippen LogP) is 15.2. The van der Waals surface area contributed by atoms with Crippen molar-refractivity contribution in [2.24, 2.45) is 0 Å². The molecule has 3 fully saturated rings. The Morgan fingerprint density at radius 1 is 0.454 bits per heavy atom. The quantitative estimate of drug-likeness (QED) is 0.0502. The number of rotatable bonds is 17. The molecule has 31 nitrogen and oxygen atoms in total. The van der Waals surface area contributed by atoms with E-state index in [1.165, 1.54) is 63.0 Å². The van der Waals surface area contributed by atoms with Crippen molar-refractivity contribution in [1.29, 1.82) is 0 Å². The number of hydrogen-bond acceptors (Lipinski definition) is 25. The maximum absolute atomic E-state index is 15.0. The van der Waals surface area contributed by atoms with Gasteiger partial charge >= 0.3 is 36.9 Å². The molecule has 39 heteroatoms. The summed E-state index contributed by atoms with van der Waals surface area (Å²) in [4.78, 5) is 145. The molecule has 0 saturated carbocycles. The summed E-state index contributed by atoms with van der Waals surface area (Å²) < 4.78 is 62.2. The first-order valence-corrected chi connectivity index (χ1v) is 44.1. The second kappa shape index (κ2) is 41.6. The number of carbonyl (C=O) groups excluding carboxylic acids is 3. The van der Waals surface area contributed by atoms with E-state index in [9.17, 15) is 41.9 Å². The van der Waals surface area contributed by atoms with Gasteiger partial charge in [-0.15, -0.1) is 0 Å². The molecule has 15 rings (SSSR count). The molecule has 0 aliphatic carbocycles. The summed E-state index contributed by atoms with van der Waals surface area (Å²) in [6.07, 6.45) is 8.35. The fraction of sp³-hybridized carbons (Fsp3) is 0.385. The zero-order valence-electron chi connectivity index (χ0n) is 74.8. The highest BCUT2D eigenvalue weighted by atomic mass is 35.5. The fourth-order valence-electron chi connectivity index (χ4n) is 15.7. The summed E-state index contributed by atoms with van der Waals surface area (Å²) in [5, 5.41) is 10.5. The molecule has 3 aliphatic rings. The highest BCUT2D eigenvalue weighted by Crippen LogP contribution is 2.40. The van der Waals surface area contributed by atoms with Crippen molar-refractivity contribution in [3.8, 4) is 45.3 Å². The van der Waals surface area contributed by atoms with Crippen molar-refractivity contribution in [3.63, 3.8) is 0 Å². The Balaban J connectivity index is 0.000000167. The lowest BCUT2D eigenvalue weighted by Gasteiger charge is -2.41. The van der Waals surface area contributed by atoms with Crippen molar-refractivity contribution in [2.45, 2.75) is 172 Å². The number of pyridine rings is 3. The van der Waals surface area contributed by atoms with Gasteiger partial charge in [-0.1, -0.05) is 131 Å². The van der Waals surface area contributed by atoms with E-state index in [-0.39, 0.29) is 89.9 Å². The molecule has 0 spiro atoms. The Morgan fingerprint density at radius 2 is 0.762 bits per heavy atom. The summed E-state index contributed by atoms with van der Waals surface area (Å²) in [6.45, 7) is 35.8. The Labute approximate surface area is 769 Å². The van der Waals surface area contributed by atoms with Crippen LogP contribution < -0.4 is 36.4 Å². The molecule has 1 radical (unpaired) electrons. The highest BCUT2D eigenvalue weighted by molar-refractivity contribution is 6.42. The molecule has 3 saturated heterocycles. The fourth-order valence-corrected chi connectivity index (χ4v) is 16.5. The number of amides is 3. The number of anilines is 3. The number of benzene rings is 3. The van der Waals surface area contributed by atoms with Crippen LogP contribution in [0.25, 0.3) is 72.7 Å². The highest BCUT2D eigenvalue weighted by Gasteiger charge is 2.38. The van der Waals surface area contributed by atoms with E-state index < -0.39 is 51.8 Å². The average molecular weight is 1860 g/mol. The number of ether oxygens (including phenoxy) is 2. The zero-order valence-corrected chi connectivity index (χ0v) is 77.8. The van der Waals surface area contributed by atoms with Gasteiger partial charge in [0.05, 0.1) is 93.8 Å². The smallest absolute Gasteiger partial charge is 0.535 e. The van der Waals surface area contributed by atoms with Crippen LogP contribution >= 0.6 is 46.4 Å². The van der Waals surface area contributed by atoms with Gasteiger partial charge in [-0.05, 0) is 162 Å². The minimum absolute atomic E-state index is 0.0185. The van der Waals surface area contributed by atoms with Gasteiger partial charge in [-0.2, -0.15) is 15.0 Å². The number of halogens is 7. The van der Waals surface area contributed by atoms with E-state index in [1.807, 2.05) is 119 Å². The van der Waals surface area contributed by atoms with Crippen LogP contribution in [0.2, 0.25) is 20.2 Å². The van der Waals surface area contributed by atoms with Crippen LogP contribution in [0.3, 0.4) is 0 Å². The third-order valence-electron chi connectivity index (χ3n) is 21.7. The van der Waals surface area contributed by atoms with Crippen molar-refractivity contribution >= 4 is 123 Å². The van der Waals surface area contributed by atoms with Gasteiger partial charge in [0.2, 0.25) is 5.91 Å². The van der Waals surface area contributed by atoms with Gasteiger partial charge in [0.1, 0.15) is 70.2 Å². The van der Waals surface area contributed by atoms with Gasteiger partial charge in [-0.25, -0.2) is 95.7 Å². The van der Waals surface area contributed by atoms with Crippen molar-refractivity contribution in [1.82, 2.24) is 88.2 Å². The molecule has 9 aromatic heterocycles. The number of nitrogens with zero attached hydrogens (tertiary/aromatic N) is 21. The van der Waals surface area contributed by atoms with Crippen molar-refractivity contribution < 1.29 is 46.7 Å². The van der Waals surface area contributed by atoms with Crippen molar-refractivity contribution in [3.05, 3.63) is 226 Å². The molecule has 130 heavy (non-hydrogen) atoms. The number of carbonyl (C=O) groups is 3. The maximum Gasteiger partial charge on any atom is 0.569 e. The van der Waals surface area contributed by atoms with Gasteiger partial charge in [0.15, 0.2) is 22.8 Å². The topological polar surface area (TPSA) is 339 Å². The molecular weight excluding hydrogens is 1760 g/mol. The number of aromatic nitrogens is 15. The van der Waals surface area contributed by atoms with Gasteiger partial charge in [0.25, 0.3) is 0 Å². The molecule has 0 unspecified atom stereocenters. The number of para-hydroxylation sites is 1. The monoisotopic (exact) mass is 1850 g/mol. The average Bonchev–Trinajstić information content (AvgIpc) is 0.744. The molecule has 12 heterocycles. The third kappa shape index (κ3) is 21.1. The van der Waals surface area contributed by atoms with Gasteiger partial charge < -0.3 is 48.6 Å². The predicted molar refractivity (Wildman–Crippen MR) is 497 cm³/mol. The van der Waals surface area contributed by atoms with Gasteiger partial charge in [0, 0.05) is 88.2 Å². The molecule has 3 aromatic carbocycles. The maximum atomic E-state index is 15.0. The number of aryl methyl sites for hydroxylation is 6. The van der Waals surface area contributed by atoms with E-state index in [0.717, 1.165) is 0 Å². The Morgan fingerprint density at radius 3 is 1.07 bits per heavy atom. The molecule has 3 aliphatic heterocycles. The summed E-state index contributed by atoms with van der Waals surface area (Å²) in [5.74, 6) is -0.376. The second-order valence-electron chi connectivity index (χ2n) is 32.7. The lowest BCUT2D eigenvalue weighted by molar-refractivity contribution is -0.126. The number of hydrogen-bond donors (Lipinski definition) is 1. The van der Waals surface area contributed by atoms with Crippen LogP contribution in [0.4, 0.5) is 40.2 Å². The van der Waals surface area contributed by atoms with Crippen molar-refractivity contribution in [2.75, 3.05) is 73.6 Å². The Bertz CT molecular complexity index is 6400. The van der Waals surface area contributed by atoms with Crippen LogP contribution in [0.5, 0.6) is 5.75 Å². The number of fused-ring (bicyclic) bond motifs is 3. The summed E-state index contributed by atoms with van der Waals surface area (Å²) in [7, 11) is 0.443. The third-order valence-corrected chi connectivity index (χ3v) is 23.0. The lowest BCUT2D eigenvalue weighted by atomic mass is 10.1. The van der Waals surface area contributed by atoms with E-state index in [2.05, 4.69) is 61.1 Å². The SMILES string of the molecule is C=CC(=O)N1CCN(c2nc(=O)n(-c3c(CC)ncnc3CC)c3nc(-c4ccccc4F)c(Cl)cc23)[C@@H](C)C1.CCc1ncnc(CC)c1-n1c(=O)nc(N2CCN(C(=O)OC(C)(C)C)C[C@@H]2C)c2cc(Cl)c(-c3ccccc3F)nc21.CCc1ncnc(CC)c1-n1c(=O)nc(N2CCN(C(=O)OC(C)(C)C)C[C@@H]2C)c2cc(Cl)c(Cl)nc21.O[B]Oc1ccccc1F. The minimum atomic E-state index is -0.617. The molecule has 3 amide bonds. The van der Waals surface area contributed by atoms with Crippen LogP contribution in [-0.4, -0.2) is 207 Å². The molecule has 681 valence electrons. The normalized spacial score (nSPS) is 15.3. The first kappa shape index (κ1) is 96.8.